The van der Waals surface area contributed by atoms with E-state index in [1.54, 1.807) is 0 Å². The highest BCUT2D eigenvalue weighted by Crippen LogP contribution is 2.34. The van der Waals surface area contributed by atoms with Crippen LogP contribution in [0.2, 0.25) is 5.02 Å². The Hall–Kier alpha value is -0.740. The van der Waals surface area contributed by atoms with Crippen LogP contribution >= 0.6 is 11.6 Å². The molecule has 1 nitrogen and oxygen atoms in total. The minimum absolute atomic E-state index is 0.165. The van der Waals surface area contributed by atoms with Crippen molar-refractivity contribution in [3.05, 3.63) is 34.3 Å². The molecule has 1 N–H and O–H groups in total. The third-order valence-electron chi connectivity index (χ3n) is 1.84. The van der Waals surface area contributed by atoms with E-state index in [1.165, 1.54) is 25.1 Å². The molecule has 0 aliphatic rings. The van der Waals surface area contributed by atoms with Gasteiger partial charge in [-0.25, -0.2) is 0 Å². The molecular formula is C9H8ClF3O. The first kappa shape index (κ1) is 11.3. The lowest BCUT2D eigenvalue weighted by Crippen LogP contribution is -2.20. The van der Waals surface area contributed by atoms with Gasteiger partial charge in [-0.2, -0.15) is 13.2 Å². The number of hydrogen-bond acceptors (Lipinski definition) is 1. The van der Waals surface area contributed by atoms with E-state index in [0.717, 1.165) is 0 Å². The molecule has 1 aromatic rings. The highest BCUT2D eigenvalue weighted by molar-refractivity contribution is 6.30. The topological polar surface area (TPSA) is 20.2 Å². The predicted molar refractivity (Wildman–Crippen MR) is 47.2 cm³/mol. The third-order valence-corrected chi connectivity index (χ3v) is 2.07. The summed E-state index contributed by atoms with van der Waals surface area (Å²) < 4.78 is 36.4. The average Bonchev–Trinajstić information content (AvgIpc) is 2.01. The van der Waals surface area contributed by atoms with Gasteiger partial charge in [0, 0.05) is 5.02 Å². The second-order valence-corrected chi connectivity index (χ2v) is 3.38. The average molecular weight is 225 g/mol. The molecule has 0 radical (unpaired) electrons. The van der Waals surface area contributed by atoms with Crippen LogP contribution in [0.15, 0.2) is 18.2 Å². The van der Waals surface area contributed by atoms with Crippen molar-refractivity contribution in [1.29, 1.82) is 0 Å². The summed E-state index contributed by atoms with van der Waals surface area (Å²) in [5.74, 6) is 0. The number of aliphatic hydroxyl groups excluding tert-OH is 1. The molecule has 0 aliphatic heterocycles. The van der Waals surface area contributed by atoms with E-state index in [4.69, 9.17) is 16.7 Å². The minimum Gasteiger partial charge on any atom is -0.379 e. The lowest BCUT2D eigenvalue weighted by Gasteiger charge is -2.16. The largest absolute Gasteiger partial charge is 0.418 e. The van der Waals surface area contributed by atoms with Crippen LogP contribution in [0.4, 0.5) is 13.2 Å². The van der Waals surface area contributed by atoms with Crippen molar-refractivity contribution >= 4 is 11.6 Å². The van der Waals surface area contributed by atoms with Gasteiger partial charge in [0.1, 0.15) is 0 Å². The number of rotatable bonds is 1. The zero-order valence-electron chi connectivity index (χ0n) is 7.27. The molecule has 78 valence electrons. The molecule has 0 heterocycles. The van der Waals surface area contributed by atoms with Crippen molar-refractivity contribution < 1.29 is 18.3 Å². The molecule has 0 bridgehead atoms. The van der Waals surface area contributed by atoms with Gasteiger partial charge in [0.15, 0.2) is 6.10 Å². The molecule has 1 atom stereocenters. The van der Waals surface area contributed by atoms with Crippen molar-refractivity contribution in [1.82, 2.24) is 0 Å². The van der Waals surface area contributed by atoms with E-state index in [9.17, 15) is 13.2 Å². The Morgan fingerprint density at radius 3 is 2.36 bits per heavy atom. The Balaban J connectivity index is 3.08. The Morgan fingerprint density at radius 1 is 1.36 bits per heavy atom. The number of benzene rings is 1. The van der Waals surface area contributed by atoms with Crippen LogP contribution in [0, 0.1) is 6.92 Å². The van der Waals surface area contributed by atoms with Crippen molar-refractivity contribution in [3.8, 4) is 0 Å². The van der Waals surface area contributed by atoms with Gasteiger partial charge in [-0.3, -0.25) is 0 Å². The molecular weight excluding hydrogens is 217 g/mol. The quantitative estimate of drug-likeness (QED) is 0.777. The van der Waals surface area contributed by atoms with E-state index < -0.39 is 12.3 Å². The Kier molecular flexibility index (Phi) is 3.07. The second kappa shape index (κ2) is 3.79. The molecule has 14 heavy (non-hydrogen) atoms. The van der Waals surface area contributed by atoms with Crippen LogP contribution in [0.1, 0.15) is 17.2 Å². The first-order chi connectivity index (χ1) is 6.32. The van der Waals surface area contributed by atoms with Gasteiger partial charge in [-0.1, -0.05) is 17.7 Å². The van der Waals surface area contributed by atoms with Crippen molar-refractivity contribution in [2.24, 2.45) is 0 Å². The number of aliphatic hydroxyl groups is 1. The summed E-state index contributed by atoms with van der Waals surface area (Å²) >= 11 is 5.57. The highest BCUT2D eigenvalue weighted by Gasteiger charge is 2.39. The number of aryl methyl sites for hydroxylation is 1. The van der Waals surface area contributed by atoms with Gasteiger partial charge in [-0.15, -0.1) is 0 Å². The summed E-state index contributed by atoms with van der Waals surface area (Å²) in [5.41, 5.74) is 0.157. The summed E-state index contributed by atoms with van der Waals surface area (Å²) in [5, 5.41) is 9.31. The first-order valence-electron chi connectivity index (χ1n) is 3.83. The zero-order valence-corrected chi connectivity index (χ0v) is 8.02. The van der Waals surface area contributed by atoms with Crippen molar-refractivity contribution in [3.63, 3.8) is 0 Å². The van der Waals surface area contributed by atoms with E-state index >= 15 is 0 Å². The lowest BCUT2D eigenvalue weighted by atomic mass is 10.0. The Morgan fingerprint density at radius 2 is 1.93 bits per heavy atom. The van der Waals surface area contributed by atoms with Gasteiger partial charge in [0.2, 0.25) is 0 Å². The third kappa shape index (κ3) is 2.39. The van der Waals surface area contributed by atoms with Crippen LogP contribution in [0.25, 0.3) is 0 Å². The summed E-state index contributed by atoms with van der Waals surface area (Å²) in [6, 6.07) is 3.88. The normalized spacial score (nSPS) is 14.1. The second-order valence-electron chi connectivity index (χ2n) is 2.95. The molecule has 0 saturated carbocycles. The predicted octanol–water partition coefficient (Wildman–Crippen LogP) is 3.24. The molecule has 1 aromatic carbocycles. The van der Waals surface area contributed by atoms with E-state index in [0.29, 0.717) is 10.6 Å². The van der Waals surface area contributed by atoms with Crippen LogP contribution in [-0.4, -0.2) is 11.3 Å². The van der Waals surface area contributed by atoms with E-state index in [2.05, 4.69) is 0 Å². The number of alkyl halides is 3. The summed E-state index contributed by atoms with van der Waals surface area (Å²) in [7, 11) is 0. The van der Waals surface area contributed by atoms with Gasteiger partial charge in [0.25, 0.3) is 0 Å². The van der Waals surface area contributed by atoms with Crippen LogP contribution in [0.5, 0.6) is 0 Å². The Labute approximate surface area is 84.1 Å². The maximum atomic E-state index is 12.1. The van der Waals surface area contributed by atoms with E-state index in [1.807, 2.05) is 0 Å². The van der Waals surface area contributed by atoms with E-state index in [-0.39, 0.29) is 5.56 Å². The summed E-state index contributed by atoms with van der Waals surface area (Å²) in [4.78, 5) is 0. The molecule has 0 amide bonds. The molecule has 0 aliphatic carbocycles. The van der Waals surface area contributed by atoms with Crippen LogP contribution < -0.4 is 0 Å². The SMILES string of the molecule is Cc1cc(Cl)ccc1[C@@H](O)C(F)(F)F. The van der Waals surface area contributed by atoms with Gasteiger partial charge in [-0.05, 0) is 30.2 Å². The van der Waals surface area contributed by atoms with Gasteiger partial charge >= 0.3 is 6.18 Å². The molecule has 0 spiro atoms. The summed E-state index contributed by atoms with van der Waals surface area (Å²) in [6.45, 7) is 1.47. The lowest BCUT2D eigenvalue weighted by molar-refractivity contribution is -0.206. The number of hydrogen-bond donors (Lipinski definition) is 1. The van der Waals surface area contributed by atoms with Crippen LogP contribution in [0.3, 0.4) is 0 Å². The standard InChI is InChI=1S/C9H8ClF3O/c1-5-4-6(10)2-3-7(5)8(14)9(11,12)13/h2-4,8,14H,1H3/t8-/m1/s1. The maximum Gasteiger partial charge on any atom is 0.418 e. The van der Waals surface area contributed by atoms with Crippen molar-refractivity contribution in [2.75, 3.05) is 0 Å². The molecule has 1 rings (SSSR count). The molecule has 5 heteroatoms. The fourth-order valence-corrected chi connectivity index (χ4v) is 1.35. The fourth-order valence-electron chi connectivity index (χ4n) is 1.12. The number of halogens is 4. The minimum atomic E-state index is -4.64. The van der Waals surface area contributed by atoms with Crippen LogP contribution in [-0.2, 0) is 0 Å². The Bertz CT molecular complexity index is 335. The molecule has 0 unspecified atom stereocenters. The highest BCUT2D eigenvalue weighted by atomic mass is 35.5. The monoisotopic (exact) mass is 224 g/mol. The fraction of sp³-hybridized carbons (Fsp3) is 0.333. The van der Waals surface area contributed by atoms with Crippen molar-refractivity contribution in [2.45, 2.75) is 19.2 Å². The van der Waals surface area contributed by atoms with Gasteiger partial charge < -0.3 is 5.11 Å². The maximum absolute atomic E-state index is 12.1. The summed E-state index contributed by atoms with van der Waals surface area (Å²) in [6.07, 6.45) is -7.08. The zero-order chi connectivity index (χ0) is 10.9. The molecule has 0 aromatic heterocycles. The molecule has 0 fully saturated rings. The first-order valence-corrected chi connectivity index (χ1v) is 4.21. The smallest absolute Gasteiger partial charge is 0.379 e. The molecule has 0 saturated heterocycles. The van der Waals surface area contributed by atoms with Gasteiger partial charge in [0.05, 0.1) is 0 Å².